The van der Waals surface area contributed by atoms with E-state index in [1.807, 2.05) is 13.8 Å². The number of halogens is 3. The van der Waals surface area contributed by atoms with Crippen LogP contribution in [-0.2, 0) is 6.18 Å². The Kier molecular flexibility index (Phi) is 5.00. The van der Waals surface area contributed by atoms with Gasteiger partial charge >= 0.3 is 6.18 Å². The summed E-state index contributed by atoms with van der Waals surface area (Å²) in [6.45, 7) is 5.61. The van der Waals surface area contributed by atoms with Crippen molar-refractivity contribution in [1.29, 1.82) is 0 Å². The molecule has 0 aliphatic carbocycles. The van der Waals surface area contributed by atoms with E-state index in [1.54, 1.807) is 36.1 Å². The van der Waals surface area contributed by atoms with Crippen molar-refractivity contribution < 1.29 is 18.0 Å². The Morgan fingerprint density at radius 3 is 2.58 bits per heavy atom. The Morgan fingerprint density at radius 2 is 1.94 bits per heavy atom. The lowest BCUT2D eigenvalue weighted by molar-refractivity contribution is -0.137. The quantitative estimate of drug-likeness (QED) is 0.508. The van der Waals surface area contributed by atoms with Crippen LogP contribution in [0.2, 0.25) is 0 Å². The number of hydrogen-bond donors (Lipinski definition) is 1. The van der Waals surface area contributed by atoms with Gasteiger partial charge in [-0.2, -0.15) is 23.4 Å². The Labute approximate surface area is 175 Å². The molecule has 10 heteroatoms. The molecule has 3 aromatic heterocycles. The third kappa shape index (κ3) is 3.88. The van der Waals surface area contributed by atoms with Crippen LogP contribution in [0.25, 0.3) is 16.7 Å². The molecule has 0 spiro atoms. The summed E-state index contributed by atoms with van der Waals surface area (Å²) in [7, 11) is 0. The number of fused-ring (bicyclic) bond motifs is 1. The lowest BCUT2D eigenvalue weighted by Crippen LogP contribution is -2.17. The summed E-state index contributed by atoms with van der Waals surface area (Å²) in [5.41, 5.74) is 0.758. The Morgan fingerprint density at radius 1 is 1.16 bits per heavy atom. The van der Waals surface area contributed by atoms with Crippen molar-refractivity contribution in [2.45, 2.75) is 33.0 Å². The van der Waals surface area contributed by atoms with Gasteiger partial charge in [-0.15, -0.1) is 0 Å². The maximum absolute atomic E-state index is 13.3. The fourth-order valence-corrected chi connectivity index (χ4v) is 3.29. The van der Waals surface area contributed by atoms with Crippen molar-refractivity contribution in [3.8, 4) is 5.69 Å². The van der Waals surface area contributed by atoms with E-state index in [0.29, 0.717) is 22.4 Å². The largest absolute Gasteiger partial charge is 0.416 e. The second kappa shape index (κ2) is 7.53. The van der Waals surface area contributed by atoms with E-state index in [0.717, 1.165) is 12.1 Å². The molecule has 1 amide bonds. The third-order valence-corrected chi connectivity index (χ3v) is 4.82. The summed E-state index contributed by atoms with van der Waals surface area (Å²) in [4.78, 5) is 17.5. The molecule has 160 valence electrons. The van der Waals surface area contributed by atoms with Gasteiger partial charge in [-0.1, -0.05) is 0 Å². The molecule has 0 saturated carbocycles. The highest BCUT2D eigenvalue weighted by Crippen LogP contribution is 2.33. The highest BCUT2D eigenvalue weighted by atomic mass is 19.4. The van der Waals surface area contributed by atoms with E-state index < -0.39 is 17.6 Å². The van der Waals surface area contributed by atoms with Crippen molar-refractivity contribution in [3.63, 3.8) is 0 Å². The van der Waals surface area contributed by atoms with Crippen molar-refractivity contribution in [1.82, 2.24) is 24.5 Å². The Hall–Kier alpha value is -3.69. The molecule has 3 heterocycles. The highest BCUT2D eigenvalue weighted by molar-refractivity contribution is 6.07. The zero-order chi connectivity index (χ0) is 22.3. The number of aromatic nitrogens is 5. The van der Waals surface area contributed by atoms with Gasteiger partial charge in [0, 0.05) is 23.8 Å². The normalized spacial score (nSPS) is 12.0. The second-order valence-electron chi connectivity index (χ2n) is 7.35. The summed E-state index contributed by atoms with van der Waals surface area (Å²) >= 11 is 0. The molecule has 4 aromatic rings. The zero-order valence-corrected chi connectivity index (χ0v) is 17.0. The van der Waals surface area contributed by atoms with Crippen LogP contribution in [0.3, 0.4) is 0 Å². The molecule has 0 saturated heterocycles. The highest BCUT2D eigenvalue weighted by Gasteiger charge is 2.31. The first-order valence-corrected chi connectivity index (χ1v) is 9.52. The number of aryl methyl sites for hydroxylation is 1. The van der Waals surface area contributed by atoms with Gasteiger partial charge in [0.2, 0.25) is 0 Å². The van der Waals surface area contributed by atoms with Gasteiger partial charge in [0.1, 0.15) is 0 Å². The van der Waals surface area contributed by atoms with Crippen LogP contribution in [0.15, 0.2) is 48.9 Å². The van der Waals surface area contributed by atoms with E-state index >= 15 is 0 Å². The number of carbonyl (C=O) groups excluding carboxylic acids is 1. The summed E-state index contributed by atoms with van der Waals surface area (Å²) in [6.07, 6.45) is 0.136. The van der Waals surface area contributed by atoms with E-state index in [9.17, 15) is 18.0 Å². The monoisotopic (exact) mass is 428 g/mol. The van der Waals surface area contributed by atoms with Gasteiger partial charge in [-0.05, 0) is 51.1 Å². The smallest absolute Gasteiger partial charge is 0.320 e. The minimum atomic E-state index is -4.55. The molecule has 31 heavy (non-hydrogen) atoms. The summed E-state index contributed by atoms with van der Waals surface area (Å²) < 4.78 is 42.9. The summed E-state index contributed by atoms with van der Waals surface area (Å²) in [5.74, 6) is -0.572. The van der Waals surface area contributed by atoms with E-state index in [2.05, 4.69) is 20.5 Å². The predicted octanol–water partition coefficient (Wildman–Crippen LogP) is 4.78. The van der Waals surface area contributed by atoms with Gasteiger partial charge in [-0.25, -0.2) is 14.3 Å². The first-order chi connectivity index (χ1) is 14.6. The van der Waals surface area contributed by atoms with Gasteiger partial charge in [-0.3, -0.25) is 4.79 Å². The first-order valence-electron chi connectivity index (χ1n) is 9.52. The molecule has 0 unspecified atom stereocenters. The van der Waals surface area contributed by atoms with Crippen LogP contribution in [0.5, 0.6) is 0 Å². The number of carbonyl (C=O) groups is 1. The van der Waals surface area contributed by atoms with Crippen molar-refractivity contribution in [2.24, 2.45) is 0 Å². The molecule has 7 nitrogen and oxygen atoms in total. The number of pyridine rings is 1. The number of anilines is 1. The lowest BCUT2D eigenvalue weighted by atomic mass is 10.1. The van der Waals surface area contributed by atoms with Crippen molar-refractivity contribution in [2.75, 3.05) is 5.32 Å². The predicted molar refractivity (Wildman–Crippen MR) is 109 cm³/mol. The topological polar surface area (TPSA) is 77.6 Å². The number of nitrogens with one attached hydrogen (secondary N) is 1. The average Bonchev–Trinajstić information content (AvgIpc) is 3.36. The molecule has 0 fully saturated rings. The number of hydrogen-bond acceptors (Lipinski definition) is 4. The van der Waals surface area contributed by atoms with Gasteiger partial charge in [0.25, 0.3) is 5.91 Å². The molecule has 0 bridgehead atoms. The molecule has 4 rings (SSSR count). The third-order valence-electron chi connectivity index (χ3n) is 4.82. The standard InChI is InChI=1S/C21H19F3N6O/c1-12(2)30-19-14(11-26-30)9-16(13(3)27-19)20(31)28-17-10-15(21(22,23)24)5-6-18(17)29-8-4-7-25-29/h4-12H,1-3H3,(H,28,31). The van der Waals surface area contributed by atoms with E-state index in [4.69, 9.17) is 0 Å². The molecule has 0 aliphatic heterocycles. The Bertz CT molecular complexity index is 1260. The van der Waals surface area contributed by atoms with Crippen LogP contribution in [0, 0.1) is 6.92 Å². The fourth-order valence-electron chi connectivity index (χ4n) is 3.29. The van der Waals surface area contributed by atoms with E-state index in [1.165, 1.54) is 16.9 Å². The molecular formula is C21H19F3N6O. The number of alkyl halides is 3. The van der Waals surface area contributed by atoms with Crippen LogP contribution in [0.4, 0.5) is 18.9 Å². The summed E-state index contributed by atoms with van der Waals surface area (Å²) in [6, 6.07) is 6.48. The maximum Gasteiger partial charge on any atom is 0.416 e. The fraction of sp³-hybridized carbons (Fsp3) is 0.238. The van der Waals surface area contributed by atoms with Gasteiger partial charge in [0.05, 0.1) is 34.4 Å². The van der Waals surface area contributed by atoms with Gasteiger partial charge in [0.15, 0.2) is 5.65 Å². The first kappa shape index (κ1) is 20.6. The molecule has 0 atom stereocenters. The molecule has 1 N–H and O–H groups in total. The molecule has 0 radical (unpaired) electrons. The average molecular weight is 428 g/mol. The Balaban J connectivity index is 1.75. The van der Waals surface area contributed by atoms with Crippen molar-refractivity contribution in [3.05, 3.63) is 65.7 Å². The van der Waals surface area contributed by atoms with Crippen LogP contribution >= 0.6 is 0 Å². The van der Waals surface area contributed by atoms with Crippen LogP contribution in [-0.4, -0.2) is 30.5 Å². The number of nitrogens with zero attached hydrogens (tertiary/aromatic N) is 5. The minimum absolute atomic E-state index is 0.0131. The second-order valence-corrected chi connectivity index (χ2v) is 7.35. The summed E-state index contributed by atoms with van der Waals surface area (Å²) in [5, 5.41) is 11.6. The minimum Gasteiger partial charge on any atom is -0.320 e. The molecular weight excluding hydrogens is 409 g/mol. The van der Waals surface area contributed by atoms with Crippen LogP contribution in [0.1, 0.15) is 41.5 Å². The SMILES string of the molecule is Cc1nc2c(cnn2C(C)C)cc1C(=O)Nc1cc(C(F)(F)F)ccc1-n1cccn1. The zero-order valence-electron chi connectivity index (χ0n) is 17.0. The number of benzene rings is 1. The van der Waals surface area contributed by atoms with E-state index in [-0.39, 0.29) is 17.3 Å². The number of amides is 1. The van der Waals surface area contributed by atoms with Crippen molar-refractivity contribution >= 4 is 22.6 Å². The maximum atomic E-state index is 13.3. The molecule has 0 aliphatic rings. The van der Waals surface area contributed by atoms with Crippen LogP contribution < -0.4 is 5.32 Å². The molecule has 1 aromatic carbocycles. The van der Waals surface area contributed by atoms with Gasteiger partial charge < -0.3 is 5.32 Å². The number of rotatable bonds is 4. The lowest BCUT2D eigenvalue weighted by Gasteiger charge is -2.15.